The quantitative estimate of drug-likeness (QED) is 0.914. The smallest absolute Gasteiger partial charge is 0.356 e. The van der Waals surface area contributed by atoms with Crippen LogP contribution in [0.4, 0.5) is 8.78 Å². The number of carboxylic acid groups (broad SMARTS) is 1. The first-order valence-electron chi connectivity index (χ1n) is 6.93. The Bertz CT molecular complexity index is 817. The molecule has 1 amide bonds. The van der Waals surface area contributed by atoms with Crippen molar-refractivity contribution in [3.63, 3.8) is 0 Å². The third kappa shape index (κ3) is 2.56. The first-order chi connectivity index (χ1) is 10.9. The lowest BCUT2D eigenvalue weighted by atomic mass is 10.0. The van der Waals surface area contributed by atoms with Gasteiger partial charge in [-0.15, -0.1) is 0 Å². The van der Waals surface area contributed by atoms with Crippen LogP contribution in [-0.4, -0.2) is 38.2 Å². The van der Waals surface area contributed by atoms with Gasteiger partial charge >= 0.3 is 5.97 Å². The van der Waals surface area contributed by atoms with Gasteiger partial charge in [0, 0.05) is 38.1 Å². The number of hydrogen-bond donors (Lipinski definition) is 1. The molecule has 23 heavy (non-hydrogen) atoms. The van der Waals surface area contributed by atoms with Crippen molar-refractivity contribution in [3.05, 3.63) is 46.8 Å². The molecule has 0 saturated heterocycles. The zero-order chi connectivity index (χ0) is 16.7. The van der Waals surface area contributed by atoms with Gasteiger partial charge in [-0.25, -0.2) is 18.3 Å². The molecule has 1 aliphatic heterocycles. The van der Waals surface area contributed by atoms with E-state index in [9.17, 15) is 23.5 Å². The van der Waals surface area contributed by atoms with Crippen molar-refractivity contribution in [1.82, 2.24) is 14.7 Å². The lowest BCUT2D eigenvalue weighted by Crippen LogP contribution is -2.35. The number of carboxylic acids is 1. The minimum absolute atomic E-state index is 0.135. The van der Waals surface area contributed by atoms with Gasteiger partial charge in [0.1, 0.15) is 0 Å². The molecule has 0 saturated carbocycles. The van der Waals surface area contributed by atoms with E-state index in [0.29, 0.717) is 24.2 Å². The number of nitrogens with zero attached hydrogens (tertiary/aromatic N) is 3. The molecule has 0 radical (unpaired) electrons. The Morgan fingerprint density at radius 1 is 1.26 bits per heavy atom. The standard InChI is InChI=1S/C15H13F2N3O3/c1-8(21)19-5-4-13-10(7-19)14(15(22)23)18-20(13)9-2-3-11(16)12(17)6-9/h2-3,6H,4-5,7H2,1H3,(H,22,23). The summed E-state index contributed by atoms with van der Waals surface area (Å²) in [7, 11) is 0. The number of rotatable bonds is 2. The summed E-state index contributed by atoms with van der Waals surface area (Å²) in [6.07, 6.45) is 0.383. The van der Waals surface area contributed by atoms with E-state index >= 15 is 0 Å². The number of amides is 1. The molecule has 0 unspecified atom stereocenters. The van der Waals surface area contributed by atoms with Crippen LogP contribution in [0.3, 0.4) is 0 Å². The van der Waals surface area contributed by atoms with Gasteiger partial charge in [-0.3, -0.25) is 4.79 Å². The molecule has 0 spiro atoms. The Morgan fingerprint density at radius 2 is 2.00 bits per heavy atom. The predicted octanol–water partition coefficient (Wildman–Crippen LogP) is 1.75. The predicted molar refractivity (Wildman–Crippen MR) is 75.2 cm³/mol. The zero-order valence-electron chi connectivity index (χ0n) is 12.2. The third-order valence-corrected chi connectivity index (χ3v) is 3.85. The number of aromatic nitrogens is 2. The summed E-state index contributed by atoms with van der Waals surface area (Å²) in [5, 5.41) is 13.3. The van der Waals surface area contributed by atoms with Gasteiger partial charge < -0.3 is 10.0 Å². The topological polar surface area (TPSA) is 75.4 Å². The van der Waals surface area contributed by atoms with Gasteiger partial charge in [0.15, 0.2) is 17.3 Å². The molecule has 0 atom stereocenters. The van der Waals surface area contributed by atoms with Crippen LogP contribution in [0.5, 0.6) is 0 Å². The minimum Gasteiger partial charge on any atom is -0.476 e. The fourth-order valence-electron chi connectivity index (χ4n) is 2.69. The highest BCUT2D eigenvalue weighted by Gasteiger charge is 2.29. The van der Waals surface area contributed by atoms with Crippen LogP contribution in [0, 0.1) is 11.6 Å². The SMILES string of the molecule is CC(=O)N1CCc2c(c(C(=O)O)nn2-c2ccc(F)c(F)c2)C1. The van der Waals surface area contributed by atoms with Gasteiger partial charge in [0.2, 0.25) is 5.91 Å². The highest BCUT2D eigenvalue weighted by Crippen LogP contribution is 2.26. The van der Waals surface area contributed by atoms with Crippen molar-refractivity contribution in [3.8, 4) is 5.69 Å². The normalized spacial score (nSPS) is 13.8. The van der Waals surface area contributed by atoms with Gasteiger partial charge in [-0.1, -0.05) is 0 Å². The largest absolute Gasteiger partial charge is 0.476 e. The maximum Gasteiger partial charge on any atom is 0.356 e. The van der Waals surface area contributed by atoms with Crippen LogP contribution < -0.4 is 0 Å². The van der Waals surface area contributed by atoms with E-state index in [1.807, 2.05) is 0 Å². The minimum atomic E-state index is -1.23. The highest BCUT2D eigenvalue weighted by molar-refractivity contribution is 5.88. The van der Waals surface area contributed by atoms with Crippen molar-refractivity contribution in [2.24, 2.45) is 0 Å². The van der Waals surface area contributed by atoms with Crippen molar-refractivity contribution in [2.45, 2.75) is 19.9 Å². The molecule has 2 aromatic rings. The average Bonchev–Trinajstić information content (AvgIpc) is 2.89. The number of aromatic carboxylic acids is 1. The van der Waals surface area contributed by atoms with Crippen molar-refractivity contribution < 1.29 is 23.5 Å². The summed E-state index contributed by atoms with van der Waals surface area (Å²) < 4.78 is 27.8. The lowest BCUT2D eigenvalue weighted by Gasteiger charge is -2.26. The van der Waals surface area contributed by atoms with Crippen LogP contribution >= 0.6 is 0 Å². The lowest BCUT2D eigenvalue weighted by molar-refractivity contribution is -0.129. The second-order valence-corrected chi connectivity index (χ2v) is 5.28. The Hall–Kier alpha value is -2.77. The Morgan fingerprint density at radius 3 is 2.61 bits per heavy atom. The van der Waals surface area contributed by atoms with E-state index < -0.39 is 17.6 Å². The molecule has 3 rings (SSSR count). The van der Waals surface area contributed by atoms with E-state index in [1.165, 1.54) is 22.6 Å². The first kappa shape index (κ1) is 15.1. The first-order valence-corrected chi connectivity index (χ1v) is 6.93. The summed E-state index contributed by atoms with van der Waals surface area (Å²) in [6, 6.07) is 3.25. The Labute approximate surface area is 129 Å². The van der Waals surface area contributed by atoms with E-state index in [-0.39, 0.29) is 23.8 Å². The van der Waals surface area contributed by atoms with E-state index in [0.717, 1.165) is 12.1 Å². The van der Waals surface area contributed by atoms with E-state index in [1.54, 1.807) is 0 Å². The second kappa shape index (κ2) is 5.45. The number of fused-ring (bicyclic) bond motifs is 1. The van der Waals surface area contributed by atoms with E-state index in [4.69, 9.17) is 0 Å². The third-order valence-electron chi connectivity index (χ3n) is 3.85. The molecule has 0 fully saturated rings. The number of hydrogen-bond acceptors (Lipinski definition) is 3. The molecule has 6 nitrogen and oxygen atoms in total. The number of carbonyl (C=O) groups excluding carboxylic acids is 1. The van der Waals surface area contributed by atoms with Crippen LogP contribution in [0.2, 0.25) is 0 Å². The Kier molecular flexibility index (Phi) is 3.59. The fourth-order valence-corrected chi connectivity index (χ4v) is 2.69. The number of benzene rings is 1. The van der Waals surface area contributed by atoms with Gasteiger partial charge in [0.25, 0.3) is 0 Å². The van der Waals surface area contributed by atoms with Crippen molar-refractivity contribution in [2.75, 3.05) is 6.54 Å². The van der Waals surface area contributed by atoms with E-state index in [2.05, 4.69) is 5.10 Å². The van der Waals surface area contributed by atoms with Crippen LogP contribution in [0.1, 0.15) is 28.7 Å². The molecule has 1 N–H and O–H groups in total. The van der Waals surface area contributed by atoms with Crippen molar-refractivity contribution >= 4 is 11.9 Å². The monoisotopic (exact) mass is 321 g/mol. The maximum absolute atomic E-state index is 13.4. The Balaban J connectivity index is 2.13. The molecule has 0 bridgehead atoms. The summed E-state index contributed by atoms with van der Waals surface area (Å²) in [5.74, 6) is -3.42. The second-order valence-electron chi connectivity index (χ2n) is 5.28. The van der Waals surface area contributed by atoms with Crippen LogP contribution in [0.15, 0.2) is 18.2 Å². The van der Waals surface area contributed by atoms with Gasteiger partial charge in [0.05, 0.1) is 11.4 Å². The molecule has 2 heterocycles. The van der Waals surface area contributed by atoms with Gasteiger partial charge in [-0.05, 0) is 12.1 Å². The maximum atomic E-state index is 13.4. The molecule has 1 aliphatic rings. The average molecular weight is 321 g/mol. The van der Waals surface area contributed by atoms with Gasteiger partial charge in [-0.2, -0.15) is 5.10 Å². The summed E-state index contributed by atoms with van der Waals surface area (Å²) in [5.41, 5.74) is 1.06. The molecule has 8 heteroatoms. The molecule has 1 aromatic heterocycles. The molecule has 0 aliphatic carbocycles. The number of halogens is 2. The zero-order valence-corrected chi connectivity index (χ0v) is 12.2. The fraction of sp³-hybridized carbons (Fsp3) is 0.267. The molecule has 1 aromatic carbocycles. The number of carbonyl (C=O) groups is 2. The summed E-state index contributed by atoms with van der Waals surface area (Å²) >= 11 is 0. The summed E-state index contributed by atoms with van der Waals surface area (Å²) in [6.45, 7) is 1.96. The molecule has 120 valence electrons. The molecular formula is C15H13F2N3O3. The summed E-state index contributed by atoms with van der Waals surface area (Å²) in [4.78, 5) is 24.4. The van der Waals surface area contributed by atoms with Crippen molar-refractivity contribution in [1.29, 1.82) is 0 Å². The highest BCUT2D eigenvalue weighted by atomic mass is 19.2. The van der Waals surface area contributed by atoms with Crippen LogP contribution in [-0.2, 0) is 17.8 Å². The van der Waals surface area contributed by atoms with Crippen LogP contribution in [0.25, 0.3) is 5.69 Å². The molecular weight excluding hydrogens is 308 g/mol.